The Morgan fingerprint density at radius 3 is 2.85 bits per heavy atom. The molecule has 0 N–H and O–H groups in total. The molecule has 0 bridgehead atoms. The van der Waals surface area contributed by atoms with Gasteiger partial charge in [0.1, 0.15) is 0 Å². The summed E-state index contributed by atoms with van der Waals surface area (Å²) in [6.07, 6.45) is 9.06. The predicted molar refractivity (Wildman–Crippen MR) is 77.8 cm³/mol. The molecule has 0 aromatic heterocycles. The molecule has 2 aliphatic rings. The normalized spacial score (nSPS) is 18.4. The largest absolute Gasteiger partial charge is 0.454 e. The molecule has 1 heterocycles. The van der Waals surface area contributed by atoms with Crippen molar-refractivity contribution in [2.24, 2.45) is 5.41 Å². The summed E-state index contributed by atoms with van der Waals surface area (Å²) in [7, 11) is 0. The maximum Gasteiger partial charge on any atom is 0.231 e. The van der Waals surface area contributed by atoms with Crippen molar-refractivity contribution in [2.75, 3.05) is 6.79 Å². The highest BCUT2D eigenvalue weighted by molar-refractivity contribution is 5.99. The molecule has 1 saturated carbocycles. The fraction of sp³-hybridized carbons (Fsp3) is 0.471. The van der Waals surface area contributed by atoms with Gasteiger partial charge in [-0.2, -0.15) is 0 Å². The summed E-state index contributed by atoms with van der Waals surface area (Å²) in [4.78, 5) is 12.3. The predicted octanol–water partition coefficient (Wildman–Crippen LogP) is 3.97. The zero-order valence-corrected chi connectivity index (χ0v) is 11.9. The molecule has 1 fully saturated rings. The first-order chi connectivity index (χ1) is 9.73. The van der Waals surface area contributed by atoms with Gasteiger partial charge in [-0.25, -0.2) is 0 Å². The average Bonchev–Trinajstić information content (AvgIpc) is 3.12. The van der Waals surface area contributed by atoms with Gasteiger partial charge in [-0.05, 0) is 43.0 Å². The van der Waals surface area contributed by atoms with Crippen LogP contribution >= 0.6 is 0 Å². The zero-order valence-electron chi connectivity index (χ0n) is 11.9. The van der Waals surface area contributed by atoms with Gasteiger partial charge >= 0.3 is 0 Å². The van der Waals surface area contributed by atoms with Gasteiger partial charge in [0, 0.05) is 5.41 Å². The van der Waals surface area contributed by atoms with Crippen LogP contribution in [0.2, 0.25) is 0 Å². The summed E-state index contributed by atoms with van der Waals surface area (Å²) < 4.78 is 10.6. The highest BCUT2D eigenvalue weighted by atomic mass is 16.7. The van der Waals surface area contributed by atoms with Gasteiger partial charge in [0.2, 0.25) is 6.79 Å². The highest BCUT2D eigenvalue weighted by Crippen LogP contribution is 2.51. The number of benzene rings is 1. The summed E-state index contributed by atoms with van der Waals surface area (Å²) in [6.45, 7) is 2.45. The SMILES string of the molecule is CCCCC1(C(=O)C=Cc2ccc3c(c2)OCO3)CC1. The minimum Gasteiger partial charge on any atom is -0.454 e. The topological polar surface area (TPSA) is 35.5 Å². The Bertz CT molecular complexity index is 541. The van der Waals surface area contributed by atoms with Crippen LogP contribution in [-0.4, -0.2) is 12.6 Å². The molecule has 3 heteroatoms. The van der Waals surface area contributed by atoms with Crippen LogP contribution in [0.1, 0.15) is 44.6 Å². The van der Waals surface area contributed by atoms with E-state index in [9.17, 15) is 4.79 Å². The van der Waals surface area contributed by atoms with E-state index in [0.717, 1.165) is 49.2 Å². The van der Waals surface area contributed by atoms with Crippen LogP contribution in [0.4, 0.5) is 0 Å². The lowest BCUT2D eigenvalue weighted by Crippen LogP contribution is -2.12. The molecule has 0 saturated heterocycles. The summed E-state index contributed by atoms with van der Waals surface area (Å²) in [5.74, 6) is 1.81. The lowest BCUT2D eigenvalue weighted by Gasteiger charge is -2.09. The van der Waals surface area contributed by atoms with Gasteiger partial charge < -0.3 is 9.47 Å². The van der Waals surface area contributed by atoms with Crippen LogP contribution in [0.15, 0.2) is 24.3 Å². The smallest absolute Gasteiger partial charge is 0.231 e. The quantitative estimate of drug-likeness (QED) is 0.735. The Morgan fingerprint density at radius 2 is 2.10 bits per heavy atom. The third-order valence-electron chi connectivity index (χ3n) is 4.21. The number of carbonyl (C=O) groups is 1. The number of carbonyl (C=O) groups excluding carboxylic acids is 1. The maximum atomic E-state index is 12.3. The standard InChI is InChI=1S/C17H20O3/c1-2-3-8-17(9-10-17)16(18)7-5-13-4-6-14-15(11-13)20-12-19-14/h4-7,11H,2-3,8-10,12H2,1H3. The van der Waals surface area contributed by atoms with E-state index < -0.39 is 0 Å². The Kier molecular flexibility index (Phi) is 3.51. The van der Waals surface area contributed by atoms with Crippen molar-refractivity contribution >= 4 is 11.9 Å². The third kappa shape index (κ3) is 2.58. The molecule has 1 aromatic carbocycles. The van der Waals surface area contributed by atoms with E-state index in [1.165, 1.54) is 0 Å². The first-order valence-corrected chi connectivity index (χ1v) is 7.36. The van der Waals surface area contributed by atoms with E-state index in [1.54, 1.807) is 6.08 Å². The zero-order chi connectivity index (χ0) is 14.0. The molecule has 0 spiro atoms. The summed E-state index contributed by atoms with van der Waals surface area (Å²) in [5.41, 5.74) is 0.942. The van der Waals surface area contributed by atoms with Gasteiger partial charge in [-0.1, -0.05) is 31.9 Å². The van der Waals surface area contributed by atoms with Crippen LogP contribution in [0.3, 0.4) is 0 Å². The number of unbranched alkanes of at least 4 members (excludes halogenated alkanes) is 1. The Balaban J connectivity index is 1.66. The Hall–Kier alpha value is -1.77. The van der Waals surface area contributed by atoms with Gasteiger partial charge in [-0.15, -0.1) is 0 Å². The second-order valence-corrected chi connectivity index (χ2v) is 5.69. The first-order valence-electron chi connectivity index (χ1n) is 7.36. The number of hydrogen-bond acceptors (Lipinski definition) is 3. The molecule has 0 radical (unpaired) electrons. The van der Waals surface area contributed by atoms with Crippen molar-refractivity contribution in [2.45, 2.75) is 39.0 Å². The van der Waals surface area contributed by atoms with E-state index in [-0.39, 0.29) is 18.0 Å². The van der Waals surface area contributed by atoms with Crippen molar-refractivity contribution in [3.63, 3.8) is 0 Å². The monoisotopic (exact) mass is 272 g/mol. The van der Waals surface area contributed by atoms with Crippen molar-refractivity contribution in [3.8, 4) is 11.5 Å². The van der Waals surface area contributed by atoms with Crippen molar-refractivity contribution in [1.29, 1.82) is 0 Å². The first kappa shape index (κ1) is 13.2. The van der Waals surface area contributed by atoms with E-state index >= 15 is 0 Å². The Labute approximate surface area is 119 Å². The second-order valence-electron chi connectivity index (χ2n) is 5.69. The van der Waals surface area contributed by atoms with Crippen LogP contribution in [0.25, 0.3) is 6.08 Å². The molecule has 3 nitrogen and oxygen atoms in total. The van der Waals surface area contributed by atoms with Gasteiger partial charge in [-0.3, -0.25) is 4.79 Å². The highest BCUT2D eigenvalue weighted by Gasteiger charge is 2.47. The minimum absolute atomic E-state index is 0.0388. The van der Waals surface area contributed by atoms with E-state index in [0.29, 0.717) is 0 Å². The number of hydrogen-bond donors (Lipinski definition) is 0. The third-order valence-corrected chi connectivity index (χ3v) is 4.21. The van der Waals surface area contributed by atoms with Crippen LogP contribution in [-0.2, 0) is 4.79 Å². The lowest BCUT2D eigenvalue weighted by molar-refractivity contribution is -0.119. The summed E-state index contributed by atoms with van der Waals surface area (Å²) >= 11 is 0. The van der Waals surface area contributed by atoms with Gasteiger partial charge in [0.25, 0.3) is 0 Å². The van der Waals surface area contributed by atoms with Crippen molar-refractivity contribution in [1.82, 2.24) is 0 Å². The van der Waals surface area contributed by atoms with Crippen LogP contribution in [0.5, 0.6) is 11.5 Å². The molecule has 1 aliphatic heterocycles. The molecule has 1 aromatic rings. The lowest BCUT2D eigenvalue weighted by atomic mass is 9.93. The molecule has 106 valence electrons. The summed E-state index contributed by atoms with van der Waals surface area (Å²) in [6, 6.07) is 5.75. The molecular formula is C17H20O3. The molecule has 0 atom stereocenters. The molecule has 20 heavy (non-hydrogen) atoms. The van der Waals surface area contributed by atoms with E-state index in [4.69, 9.17) is 9.47 Å². The molecule has 0 unspecified atom stereocenters. The Morgan fingerprint density at radius 1 is 1.30 bits per heavy atom. The summed E-state index contributed by atoms with van der Waals surface area (Å²) in [5, 5.41) is 0. The number of fused-ring (bicyclic) bond motifs is 1. The second kappa shape index (κ2) is 5.31. The van der Waals surface area contributed by atoms with E-state index in [2.05, 4.69) is 6.92 Å². The van der Waals surface area contributed by atoms with Gasteiger partial charge in [0.05, 0.1) is 0 Å². The van der Waals surface area contributed by atoms with E-state index in [1.807, 2.05) is 24.3 Å². The molecule has 0 amide bonds. The van der Waals surface area contributed by atoms with Gasteiger partial charge in [0.15, 0.2) is 17.3 Å². The average molecular weight is 272 g/mol. The van der Waals surface area contributed by atoms with Crippen molar-refractivity contribution in [3.05, 3.63) is 29.8 Å². The molecule has 3 rings (SSSR count). The fourth-order valence-corrected chi connectivity index (χ4v) is 2.65. The molecular weight excluding hydrogens is 252 g/mol. The van der Waals surface area contributed by atoms with Crippen molar-refractivity contribution < 1.29 is 14.3 Å². The minimum atomic E-state index is -0.0388. The van der Waals surface area contributed by atoms with Crippen LogP contribution in [0, 0.1) is 5.41 Å². The number of ketones is 1. The van der Waals surface area contributed by atoms with Crippen LogP contribution < -0.4 is 9.47 Å². The number of allylic oxidation sites excluding steroid dienone is 1. The number of rotatable bonds is 6. The number of ether oxygens (including phenoxy) is 2. The molecule has 1 aliphatic carbocycles. The fourth-order valence-electron chi connectivity index (χ4n) is 2.65. The maximum absolute atomic E-state index is 12.3.